The van der Waals surface area contributed by atoms with Crippen LogP contribution in [0, 0.1) is 5.92 Å². The Morgan fingerprint density at radius 3 is 2.64 bits per heavy atom. The van der Waals surface area contributed by atoms with E-state index in [1.165, 1.54) is 24.2 Å². The Labute approximate surface area is 156 Å². The fourth-order valence-corrected chi connectivity index (χ4v) is 4.65. The van der Waals surface area contributed by atoms with Crippen LogP contribution in [0.15, 0.2) is 29.6 Å². The minimum atomic E-state index is -0.0190. The molecule has 1 aromatic heterocycles. The maximum absolute atomic E-state index is 12.6. The Morgan fingerprint density at radius 1 is 1.32 bits per heavy atom. The fraction of sp³-hybridized carbons (Fsp3) is 0.444. The van der Waals surface area contributed by atoms with E-state index in [0.717, 1.165) is 13.1 Å². The zero-order valence-corrected chi connectivity index (χ0v) is 15.5. The van der Waals surface area contributed by atoms with E-state index in [9.17, 15) is 4.79 Å². The van der Waals surface area contributed by atoms with Gasteiger partial charge < -0.3 is 10.1 Å². The molecule has 25 heavy (non-hydrogen) atoms. The monoisotopic (exact) mass is 377 g/mol. The highest BCUT2D eigenvalue weighted by molar-refractivity contribution is 7.11. The molecule has 4 heterocycles. The Balaban J connectivity index is 1.40. The summed E-state index contributed by atoms with van der Waals surface area (Å²) in [4.78, 5) is 19.1. The van der Waals surface area contributed by atoms with E-state index in [0.29, 0.717) is 33.6 Å². The zero-order chi connectivity index (χ0) is 17.4. The number of hydrogen-bond donors (Lipinski definition) is 1. The van der Waals surface area contributed by atoms with Gasteiger partial charge in [-0.3, -0.25) is 9.69 Å². The molecule has 3 fully saturated rings. The second-order valence-electron chi connectivity index (χ2n) is 6.68. The van der Waals surface area contributed by atoms with Crippen molar-refractivity contribution in [3.8, 4) is 10.9 Å². The smallest absolute Gasteiger partial charge is 0.280 e. The summed E-state index contributed by atoms with van der Waals surface area (Å²) in [6.07, 6.45) is 2.36. The molecule has 1 aromatic carbocycles. The fourth-order valence-electron chi connectivity index (χ4n) is 3.84. The van der Waals surface area contributed by atoms with Crippen molar-refractivity contribution in [1.29, 1.82) is 0 Å². The molecule has 1 amide bonds. The average molecular weight is 378 g/mol. The highest BCUT2D eigenvalue weighted by Crippen LogP contribution is 2.32. The van der Waals surface area contributed by atoms with Crippen molar-refractivity contribution in [1.82, 2.24) is 15.2 Å². The highest BCUT2D eigenvalue weighted by Gasteiger charge is 2.40. The molecule has 0 spiro atoms. The predicted octanol–water partition coefficient (Wildman–Crippen LogP) is 3.80. The van der Waals surface area contributed by atoms with Gasteiger partial charge >= 0.3 is 0 Å². The van der Waals surface area contributed by atoms with Crippen LogP contribution in [0.25, 0.3) is 0 Å². The minimum absolute atomic E-state index is 0.0190. The Bertz CT molecular complexity index is 754. The third-order valence-corrected chi connectivity index (χ3v) is 6.29. The van der Waals surface area contributed by atoms with E-state index in [4.69, 9.17) is 16.3 Å². The summed E-state index contributed by atoms with van der Waals surface area (Å²) in [5, 5.41) is 5.86. The number of carbonyl (C=O) groups excluding carboxylic acids is 1. The second kappa shape index (κ2) is 6.94. The van der Waals surface area contributed by atoms with E-state index >= 15 is 0 Å². The lowest BCUT2D eigenvalue weighted by Gasteiger charge is -2.49. The number of nitrogens with zero attached hydrogens (tertiary/aromatic N) is 2. The molecule has 2 atom stereocenters. The van der Waals surface area contributed by atoms with Gasteiger partial charge in [0.05, 0.1) is 0 Å². The highest BCUT2D eigenvalue weighted by atomic mass is 35.5. The molecule has 0 saturated carbocycles. The van der Waals surface area contributed by atoms with Crippen molar-refractivity contribution in [2.75, 3.05) is 13.1 Å². The Kier molecular flexibility index (Phi) is 4.67. The number of amides is 1. The SMILES string of the molecule is CC1C(NC(=O)c2ccc(Oc3nc(Cl)cs3)cc2)C2CCN1CC2. The molecule has 3 aliphatic rings. The largest absolute Gasteiger partial charge is 0.431 e. The van der Waals surface area contributed by atoms with Gasteiger partial charge in [-0.15, -0.1) is 0 Å². The lowest BCUT2D eigenvalue weighted by Crippen LogP contribution is -2.62. The summed E-state index contributed by atoms with van der Waals surface area (Å²) >= 11 is 7.12. The number of nitrogens with one attached hydrogen (secondary N) is 1. The molecule has 7 heteroatoms. The standard InChI is InChI=1S/C18H20ClN3O2S/c1-11-16(12-6-8-22(11)9-7-12)21-17(23)13-2-4-14(5-3-13)24-18-20-15(19)10-25-18/h2-5,10-12,16H,6-9H2,1H3,(H,21,23). The number of carbonyl (C=O) groups is 1. The van der Waals surface area contributed by atoms with Gasteiger partial charge in [0.1, 0.15) is 10.9 Å². The molecule has 3 saturated heterocycles. The number of fused-ring (bicyclic) bond motifs is 3. The van der Waals surface area contributed by atoms with Crippen molar-refractivity contribution in [2.45, 2.75) is 31.8 Å². The van der Waals surface area contributed by atoms with E-state index in [-0.39, 0.29) is 11.9 Å². The average Bonchev–Trinajstić information content (AvgIpc) is 3.04. The number of halogens is 1. The van der Waals surface area contributed by atoms with Gasteiger partial charge in [0.25, 0.3) is 11.1 Å². The maximum Gasteiger partial charge on any atom is 0.280 e. The van der Waals surface area contributed by atoms with Crippen molar-refractivity contribution >= 4 is 28.8 Å². The molecule has 2 bridgehead atoms. The van der Waals surface area contributed by atoms with Crippen LogP contribution in [0.5, 0.6) is 10.9 Å². The lowest BCUT2D eigenvalue weighted by atomic mass is 9.79. The summed E-state index contributed by atoms with van der Waals surface area (Å²) in [6.45, 7) is 4.53. The number of thiazole rings is 1. The molecule has 1 N–H and O–H groups in total. The summed E-state index contributed by atoms with van der Waals surface area (Å²) in [7, 11) is 0. The number of hydrogen-bond acceptors (Lipinski definition) is 5. The van der Waals surface area contributed by atoms with Crippen molar-refractivity contribution in [2.24, 2.45) is 5.92 Å². The van der Waals surface area contributed by atoms with Crippen LogP contribution in [-0.4, -0.2) is 41.0 Å². The van der Waals surface area contributed by atoms with E-state index in [1.807, 2.05) is 0 Å². The second-order valence-corrected chi connectivity index (χ2v) is 7.88. The van der Waals surface area contributed by atoms with Gasteiger partial charge in [-0.05, 0) is 63.0 Å². The molecule has 2 unspecified atom stereocenters. The van der Waals surface area contributed by atoms with Crippen LogP contribution >= 0.6 is 22.9 Å². The first-order valence-electron chi connectivity index (χ1n) is 8.54. The molecule has 132 valence electrons. The summed E-state index contributed by atoms with van der Waals surface area (Å²) < 4.78 is 5.63. The topological polar surface area (TPSA) is 54.5 Å². The first kappa shape index (κ1) is 16.8. The number of piperidine rings is 3. The molecule has 2 aromatic rings. The summed E-state index contributed by atoms with van der Waals surface area (Å²) in [5.74, 6) is 1.22. The van der Waals surface area contributed by atoms with Crippen molar-refractivity contribution in [3.05, 3.63) is 40.4 Å². The van der Waals surface area contributed by atoms with Gasteiger partial charge in [-0.2, -0.15) is 4.98 Å². The van der Waals surface area contributed by atoms with Crippen molar-refractivity contribution in [3.63, 3.8) is 0 Å². The van der Waals surface area contributed by atoms with Crippen LogP contribution in [0.3, 0.4) is 0 Å². The van der Waals surface area contributed by atoms with Crippen LogP contribution in [0.2, 0.25) is 5.15 Å². The Hall–Kier alpha value is -1.63. The lowest BCUT2D eigenvalue weighted by molar-refractivity contribution is 0.0217. The quantitative estimate of drug-likeness (QED) is 0.880. The van der Waals surface area contributed by atoms with Crippen LogP contribution < -0.4 is 10.1 Å². The van der Waals surface area contributed by atoms with Crippen LogP contribution in [0.1, 0.15) is 30.1 Å². The Morgan fingerprint density at radius 2 is 2.04 bits per heavy atom. The molecular formula is C18H20ClN3O2S. The molecule has 0 radical (unpaired) electrons. The molecule has 3 aliphatic heterocycles. The third kappa shape index (κ3) is 3.52. The molecule has 5 nitrogen and oxygen atoms in total. The van der Waals surface area contributed by atoms with E-state index in [1.54, 1.807) is 29.6 Å². The van der Waals surface area contributed by atoms with E-state index < -0.39 is 0 Å². The van der Waals surface area contributed by atoms with Crippen LogP contribution in [0.4, 0.5) is 0 Å². The summed E-state index contributed by atoms with van der Waals surface area (Å²) in [6, 6.07) is 7.78. The molecular weight excluding hydrogens is 358 g/mol. The first-order chi connectivity index (χ1) is 12.1. The molecule has 5 rings (SSSR count). The van der Waals surface area contributed by atoms with Gasteiger partial charge in [0, 0.05) is 23.0 Å². The number of aromatic nitrogens is 1. The number of ether oxygens (including phenoxy) is 1. The molecule has 0 aliphatic carbocycles. The predicted molar refractivity (Wildman–Crippen MR) is 98.7 cm³/mol. The number of rotatable bonds is 4. The van der Waals surface area contributed by atoms with Crippen molar-refractivity contribution < 1.29 is 9.53 Å². The first-order valence-corrected chi connectivity index (χ1v) is 9.80. The van der Waals surface area contributed by atoms with Crippen LogP contribution in [-0.2, 0) is 0 Å². The summed E-state index contributed by atoms with van der Waals surface area (Å²) in [5.41, 5.74) is 0.646. The minimum Gasteiger partial charge on any atom is -0.431 e. The third-order valence-electron chi connectivity index (χ3n) is 5.25. The van der Waals surface area contributed by atoms with Gasteiger partial charge in [0.15, 0.2) is 0 Å². The van der Waals surface area contributed by atoms with Gasteiger partial charge in [-0.1, -0.05) is 22.9 Å². The van der Waals surface area contributed by atoms with Gasteiger partial charge in [0.2, 0.25) is 0 Å². The zero-order valence-electron chi connectivity index (χ0n) is 13.9. The number of benzene rings is 1. The van der Waals surface area contributed by atoms with Gasteiger partial charge in [-0.25, -0.2) is 0 Å². The van der Waals surface area contributed by atoms with E-state index in [2.05, 4.69) is 22.1 Å². The maximum atomic E-state index is 12.6. The normalized spacial score (nSPS) is 27.9.